The van der Waals surface area contributed by atoms with Crippen LogP contribution in [0.4, 0.5) is 0 Å². The Morgan fingerprint density at radius 3 is 1.71 bits per heavy atom. The molecule has 0 rings (SSSR count). The van der Waals surface area contributed by atoms with Crippen molar-refractivity contribution < 1.29 is 8.85 Å². The highest BCUT2D eigenvalue weighted by Gasteiger charge is 2.53. The maximum atomic E-state index is 7.18. The third-order valence-electron chi connectivity index (χ3n) is 6.44. The Hall–Kier alpha value is 0.571. The molecule has 0 amide bonds. The summed E-state index contributed by atoms with van der Waals surface area (Å²) in [5.41, 5.74) is 0. The first kappa shape index (κ1) is 24.6. The van der Waals surface area contributed by atoms with Gasteiger partial charge in [0.25, 0.3) is 0 Å². The fourth-order valence-electron chi connectivity index (χ4n) is 4.09. The maximum Gasteiger partial charge on any atom is 0.217 e. The van der Waals surface area contributed by atoms with Gasteiger partial charge in [0, 0.05) is 5.22 Å². The summed E-state index contributed by atoms with van der Waals surface area (Å²) >= 11 is 0. The molecule has 1 unspecified atom stereocenters. The molecule has 0 saturated carbocycles. The number of rotatable bonds is 12. The van der Waals surface area contributed by atoms with E-state index in [4.69, 9.17) is 8.85 Å². The van der Waals surface area contributed by atoms with Crippen molar-refractivity contribution in [3.63, 3.8) is 0 Å². The zero-order valence-corrected chi connectivity index (χ0v) is 21.8. The molecule has 0 radical (unpaired) electrons. The Labute approximate surface area is 157 Å². The minimum atomic E-state index is -2.00. The van der Waals surface area contributed by atoms with Crippen molar-refractivity contribution in [2.24, 2.45) is 0 Å². The monoisotopic (exact) mass is 390 g/mol. The average molecular weight is 391 g/mol. The second-order valence-electron chi connectivity index (χ2n) is 9.05. The SMILES string of the molecule is CCCC[Si](C)(C)C(C)(CC)O[Si](C)(C)C(CC)(CC)O[SiH](C)C. The van der Waals surface area contributed by atoms with Crippen molar-refractivity contribution in [3.05, 3.63) is 0 Å². The van der Waals surface area contributed by atoms with Gasteiger partial charge < -0.3 is 8.85 Å². The summed E-state index contributed by atoms with van der Waals surface area (Å²) in [5.74, 6) is 0. The molecule has 0 spiro atoms. The minimum Gasteiger partial charge on any atom is -0.415 e. The molecule has 0 heterocycles. The van der Waals surface area contributed by atoms with Crippen LogP contribution >= 0.6 is 0 Å². The van der Waals surface area contributed by atoms with Crippen LogP contribution in [-0.2, 0) is 8.85 Å². The molecule has 146 valence electrons. The van der Waals surface area contributed by atoms with Crippen LogP contribution in [0.3, 0.4) is 0 Å². The fourth-order valence-corrected chi connectivity index (χ4v) is 14.9. The Bertz CT molecular complexity index is 366. The molecule has 0 bridgehead atoms. The van der Waals surface area contributed by atoms with Gasteiger partial charge in [0.15, 0.2) is 9.04 Å². The molecule has 0 fully saturated rings. The molecule has 0 saturated heterocycles. The van der Waals surface area contributed by atoms with Gasteiger partial charge in [-0.15, -0.1) is 0 Å². The fraction of sp³-hybridized carbons (Fsp3) is 1.00. The first-order valence-electron chi connectivity index (χ1n) is 10.2. The molecule has 0 aromatic heterocycles. The van der Waals surface area contributed by atoms with E-state index in [1.54, 1.807) is 0 Å². The molecule has 2 nitrogen and oxygen atoms in total. The molecule has 0 aliphatic rings. The van der Waals surface area contributed by atoms with Gasteiger partial charge in [-0.2, -0.15) is 0 Å². The molecule has 5 heteroatoms. The summed E-state index contributed by atoms with van der Waals surface area (Å²) in [6.07, 6.45) is 5.89. The van der Waals surface area contributed by atoms with Crippen molar-refractivity contribution in [2.75, 3.05) is 0 Å². The van der Waals surface area contributed by atoms with Crippen molar-refractivity contribution in [1.29, 1.82) is 0 Å². The van der Waals surface area contributed by atoms with Crippen LogP contribution in [0.5, 0.6) is 0 Å². The lowest BCUT2D eigenvalue weighted by molar-refractivity contribution is 0.0670. The van der Waals surface area contributed by atoms with E-state index in [1.807, 2.05) is 0 Å². The Morgan fingerprint density at radius 1 is 0.875 bits per heavy atom. The summed E-state index contributed by atoms with van der Waals surface area (Å²) in [6.45, 7) is 26.1. The van der Waals surface area contributed by atoms with Crippen LogP contribution in [0, 0.1) is 0 Å². The zero-order valence-electron chi connectivity index (χ0n) is 18.6. The van der Waals surface area contributed by atoms with Gasteiger partial charge in [-0.3, -0.25) is 0 Å². The third-order valence-corrected chi connectivity index (χ3v) is 16.7. The highest BCUT2D eigenvalue weighted by atomic mass is 28.4. The summed E-state index contributed by atoms with van der Waals surface area (Å²) < 4.78 is 13.9. The predicted molar refractivity (Wildman–Crippen MR) is 118 cm³/mol. The highest BCUT2D eigenvalue weighted by molar-refractivity contribution is 6.82. The lowest BCUT2D eigenvalue weighted by atomic mass is 10.2. The third kappa shape index (κ3) is 5.53. The van der Waals surface area contributed by atoms with E-state index < -0.39 is 25.4 Å². The first-order valence-corrected chi connectivity index (χ1v) is 19.1. The van der Waals surface area contributed by atoms with Gasteiger partial charge in [0.05, 0.1) is 13.3 Å². The Morgan fingerprint density at radius 2 is 1.38 bits per heavy atom. The van der Waals surface area contributed by atoms with E-state index in [2.05, 4.69) is 73.9 Å². The lowest BCUT2D eigenvalue weighted by Crippen LogP contribution is -2.66. The summed E-state index contributed by atoms with van der Waals surface area (Å²) in [6, 6.07) is 1.36. The van der Waals surface area contributed by atoms with E-state index >= 15 is 0 Å². The van der Waals surface area contributed by atoms with Gasteiger partial charge in [0.2, 0.25) is 8.32 Å². The molecular weight excluding hydrogens is 344 g/mol. The quantitative estimate of drug-likeness (QED) is 0.353. The van der Waals surface area contributed by atoms with Crippen molar-refractivity contribution in [1.82, 2.24) is 0 Å². The van der Waals surface area contributed by atoms with Gasteiger partial charge in [0.1, 0.15) is 0 Å². The Kier molecular flexibility index (Phi) is 9.72. The van der Waals surface area contributed by atoms with Crippen LogP contribution in [0.15, 0.2) is 0 Å². The van der Waals surface area contributed by atoms with E-state index in [0.29, 0.717) is 0 Å². The first-order chi connectivity index (χ1) is 10.9. The van der Waals surface area contributed by atoms with E-state index in [1.165, 1.54) is 18.9 Å². The molecule has 1 atom stereocenters. The van der Waals surface area contributed by atoms with Gasteiger partial charge >= 0.3 is 0 Å². The summed E-state index contributed by atoms with van der Waals surface area (Å²) in [4.78, 5) is 0. The van der Waals surface area contributed by atoms with Crippen LogP contribution in [0.1, 0.15) is 66.7 Å². The number of unbranched alkanes of at least 4 members (excludes halogenated alkanes) is 1. The van der Waals surface area contributed by atoms with E-state index in [9.17, 15) is 0 Å². The standard InChI is InChI=1S/C19H46O2Si3/c1-12-16-17-23(8,9)18(5,13-2)21-24(10,11)19(14-3,15-4)20-22(6)7/h22H,12-17H2,1-11H3. The molecule has 24 heavy (non-hydrogen) atoms. The van der Waals surface area contributed by atoms with E-state index in [-0.39, 0.29) is 10.4 Å². The van der Waals surface area contributed by atoms with Crippen LogP contribution in [0.25, 0.3) is 0 Å². The van der Waals surface area contributed by atoms with Crippen LogP contribution < -0.4 is 0 Å². The molecule has 0 N–H and O–H groups in total. The lowest BCUT2D eigenvalue weighted by Gasteiger charge is -2.53. The molecule has 0 aromatic rings. The van der Waals surface area contributed by atoms with Crippen molar-refractivity contribution >= 4 is 25.4 Å². The van der Waals surface area contributed by atoms with Crippen LogP contribution in [-0.4, -0.2) is 35.9 Å². The summed E-state index contributed by atoms with van der Waals surface area (Å²) in [5, 5.41) is 0.0223. The van der Waals surface area contributed by atoms with Gasteiger partial charge in [-0.25, -0.2) is 0 Å². The molecule has 0 aromatic carbocycles. The Balaban J connectivity index is 5.67. The number of hydrogen-bond acceptors (Lipinski definition) is 2. The minimum absolute atomic E-state index is 0.0287. The zero-order chi connectivity index (χ0) is 19.2. The second kappa shape index (κ2) is 9.49. The number of hydrogen-bond donors (Lipinski definition) is 0. The molecule has 0 aliphatic heterocycles. The largest absolute Gasteiger partial charge is 0.415 e. The van der Waals surface area contributed by atoms with E-state index in [0.717, 1.165) is 19.3 Å². The van der Waals surface area contributed by atoms with Gasteiger partial charge in [-0.05, 0) is 52.4 Å². The maximum absolute atomic E-state index is 7.18. The van der Waals surface area contributed by atoms with Crippen molar-refractivity contribution in [3.8, 4) is 0 Å². The smallest absolute Gasteiger partial charge is 0.217 e. The highest BCUT2D eigenvalue weighted by Crippen LogP contribution is 2.41. The normalized spacial score (nSPS) is 16.5. The van der Waals surface area contributed by atoms with Gasteiger partial charge in [-0.1, -0.05) is 59.7 Å². The average Bonchev–Trinajstić information content (AvgIpc) is 2.49. The summed E-state index contributed by atoms with van der Waals surface area (Å²) in [7, 11) is -4.57. The topological polar surface area (TPSA) is 18.5 Å². The van der Waals surface area contributed by atoms with Crippen LogP contribution in [0.2, 0.25) is 45.3 Å². The molecule has 0 aliphatic carbocycles. The second-order valence-corrected chi connectivity index (χ2v) is 20.8. The predicted octanol–water partition coefficient (Wildman–Crippen LogP) is 6.52. The van der Waals surface area contributed by atoms with Crippen molar-refractivity contribution in [2.45, 2.75) is 122 Å². The molecular formula is C19H46O2Si3.